The average molecular weight is 184 g/mol. The highest BCUT2D eigenvalue weighted by atomic mass is 16.4. The molecule has 3 heteroatoms. The Kier molecular flexibility index (Phi) is 2.28. The highest BCUT2D eigenvalue weighted by Gasteiger charge is 2.40. The van der Waals surface area contributed by atoms with Crippen molar-refractivity contribution in [1.29, 1.82) is 0 Å². The molecule has 2 aliphatic rings. The van der Waals surface area contributed by atoms with Crippen molar-refractivity contribution < 1.29 is 15.0 Å². The van der Waals surface area contributed by atoms with Gasteiger partial charge in [-0.05, 0) is 43.9 Å². The van der Waals surface area contributed by atoms with E-state index in [1.807, 2.05) is 0 Å². The van der Waals surface area contributed by atoms with Crippen LogP contribution in [-0.4, -0.2) is 22.3 Å². The van der Waals surface area contributed by atoms with Crippen molar-refractivity contribution in [3.05, 3.63) is 0 Å². The normalized spacial score (nSPS) is 44.4. The lowest BCUT2D eigenvalue weighted by molar-refractivity contribution is -0.141. The predicted molar refractivity (Wildman–Crippen MR) is 47.2 cm³/mol. The van der Waals surface area contributed by atoms with Crippen molar-refractivity contribution in [2.24, 2.45) is 17.8 Å². The third kappa shape index (κ3) is 1.70. The Balaban J connectivity index is 1.98. The second-order valence-corrected chi connectivity index (χ2v) is 4.49. The molecule has 2 N–H and O–H groups in total. The summed E-state index contributed by atoms with van der Waals surface area (Å²) >= 11 is 0. The van der Waals surface area contributed by atoms with Crippen LogP contribution in [0.4, 0.5) is 0 Å². The molecule has 0 saturated heterocycles. The SMILES string of the molecule is O=C(O)[C@H]1C[C@H]2C[C@@H](O)CC[C@H]2C1. The molecular formula is C10H16O3. The van der Waals surface area contributed by atoms with Gasteiger partial charge in [-0.1, -0.05) is 0 Å². The first-order chi connectivity index (χ1) is 6.16. The molecular weight excluding hydrogens is 168 g/mol. The summed E-state index contributed by atoms with van der Waals surface area (Å²) in [5.41, 5.74) is 0. The number of fused-ring (bicyclic) bond motifs is 1. The highest BCUT2D eigenvalue weighted by Crippen LogP contribution is 2.45. The Bertz CT molecular complexity index is 214. The Morgan fingerprint density at radius 2 is 1.77 bits per heavy atom. The van der Waals surface area contributed by atoms with Crippen molar-refractivity contribution in [2.75, 3.05) is 0 Å². The first kappa shape index (κ1) is 9.00. The Morgan fingerprint density at radius 1 is 1.08 bits per heavy atom. The van der Waals surface area contributed by atoms with E-state index in [0.29, 0.717) is 11.8 Å². The molecule has 74 valence electrons. The lowest BCUT2D eigenvalue weighted by Crippen LogP contribution is -2.23. The van der Waals surface area contributed by atoms with Crippen molar-refractivity contribution in [3.8, 4) is 0 Å². The van der Waals surface area contributed by atoms with Gasteiger partial charge in [0.25, 0.3) is 0 Å². The number of aliphatic hydroxyl groups excluding tert-OH is 1. The number of aliphatic carboxylic acids is 1. The van der Waals surface area contributed by atoms with Gasteiger partial charge in [-0.3, -0.25) is 4.79 Å². The highest BCUT2D eigenvalue weighted by molar-refractivity contribution is 5.70. The van der Waals surface area contributed by atoms with E-state index >= 15 is 0 Å². The Labute approximate surface area is 77.8 Å². The zero-order chi connectivity index (χ0) is 9.42. The van der Waals surface area contributed by atoms with Crippen LogP contribution < -0.4 is 0 Å². The van der Waals surface area contributed by atoms with Gasteiger partial charge in [0.1, 0.15) is 0 Å². The molecule has 0 heterocycles. The minimum absolute atomic E-state index is 0.139. The standard InChI is InChI=1S/C10H16O3/c11-9-2-1-6-3-8(10(12)13)4-7(6)5-9/h6-9,11H,1-5H2,(H,12,13)/t6-,7-,8+,9-/m0/s1. The van der Waals surface area contributed by atoms with E-state index in [0.717, 1.165) is 32.1 Å². The van der Waals surface area contributed by atoms with Gasteiger partial charge in [-0.2, -0.15) is 0 Å². The van der Waals surface area contributed by atoms with Gasteiger partial charge in [0, 0.05) is 0 Å². The van der Waals surface area contributed by atoms with Gasteiger partial charge < -0.3 is 10.2 Å². The topological polar surface area (TPSA) is 57.5 Å². The second kappa shape index (κ2) is 3.29. The molecule has 2 aliphatic carbocycles. The Hall–Kier alpha value is -0.570. The van der Waals surface area contributed by atoms with Crippen molar-refractivity contribution in [2.45, 2.75) is 38.2 Å². The Morgan fingerprint density at radius 3 is 2.46 bits per heavy atom. The molecule has 2 saturated carbocycles. The molecule has 0 aliphatic heterocycles. The minimum Gasteiger partial charge on any atom is -0.481 e. The third-order valence-electron chi connectivity index (χ3n) is 3.64. The molecule has 13 heavy (non-hydrogen) atoms. The summed E-state index contributed by atoms with van der Waals surface area (Å²) in [5.74, 6) is 0.263. The largest absolute Gasteiger partial charge is 0.481 e. The third-order valence-corrected chi connectivity index (χ3v) is 3.64. The fourth-order valence-electron chi connectivity index (χ4n) is 2.93. The molecule has 0 bridgehead atoms. The number of hydrogen-bond acceptors (Lipinski definition) is 2. The second-order valence-electron chi connectivity index (χ2n) is 4.49. The number of rotatable bonds is 1. The van der Waals surface area contributed by atoms with Gasteiger partial charge in [0.15, 0.2) is 0 Å². The summed E-state index contributed by atoms with van der Waals surface area (Å²) in [4.78, 5) is 10.8. The van der Waals surface area contributed by atoms with Crippen LogP contribution in [-0.2, 0) is 4.79 Å². The summed E-state index contributed by atoms with van der Waals surface area (Å²) in [5, 5.41) is 18.3. The predicted octanol–water partition coefficient (Wildman–Crippen LogP) is 1.26. The minimum atomic E-state index is -0.649. The fraction of sp³-hybridized carbons (Fsp3) is 0.900. The summed E-state index contributed by atoms with van der Waals surface area (Å²) in [7, 11) is 0. The van der Waals surface area contributed by atoms with E-state index in [1.165, 1.54) is 0 Å². The van der Waals surface area contributed by atoms with Gasteiger partial charge in [-0.25, -0.2) is 0 Å². The van der Waals surface area contributed by atoms with Crippen molar-refractivity contribution >= 4 is 5.97 Å². The van der Waals surface area contributed by atoms with E-state index in [9.17, 15) is 9.90 Å². The van der Waals surface area contributed by atoms with Crippen LogP contribution in [0, 0.1) is 17.8 Å². The maximum Gasteiger partial charge on any atom is 0.306 e. The lowest BCUT2D eigenvalue weighted by atomic mass is 9.80. The summed E-state index contributed by atoms with van der Waals surface area (Å²) in [6, 6.07) is 0. The van der Waals surface area contributed by atoms with Crippen LogP contribution >= 0.6 is 0 Å². The van der Waals surface area contributed by atoms with Crippen molar-refractivity contribution in [3.63, 3.8) is 0 Å². The van der Waals surface area contributed by atoms with Crippen LogP contribution in [0.5, 0.6) is 0 Å². The lowest BCUT2D eigenvalue weighted by Gasteiger charge is -2.28. The molecule has 0 amide bonds. The van der Waals surface area contributed by atoms with Crippen LogP contribution in [0.15, 0.2) is 0 Å². The first-order valence-electron chi connectivity index (χ1n) is 5.07. The zero-order valence-corrected chi connectivity index (χ0v) is 7.65. The van der Waals surface area contributed by atoms with Crippen LogP contribution in [0.2, 0.25) is 0 Å². The quantitative estimate of drug-likeness (QED) is 0.645. The van der Waals surface area contributed by atoms with E-state index in [1.54, 1.807) is 0 Å². The molecule has 0 aromatic heterocycles. The van der Waals surface area contributed by atoms with Crippen LogP contribution in [0.3, 0.4) is 0 Å². The smallest absolute Gasteiger partial charge is 0.306 e. The maximum absolute atomic E-state index is 10.8. The van der Waals surface area contributed by atoms with Gasteiger partial charge in [-0.15, -0.1) is 0 Å². The van der Waals surface area contributed by atoms with E-state index < -0.39 is 5.97 Å². The zero-order valence-electron chi connectivity index (χ0n) is 7.65. The fourth-order valence-corrected chi connectivity index (χ4v) is 2.93. The van der Waals surface area contributed by atoms with Gasteiger partial charge in [0.05, 0.1) is 12.0 Å². The maximum atomic E-state index is 10.8. The number of hydrogen-bond donors (Lipinski definition) is 2. The van der Waals surface area contributed by atoms with Crippen LogP contribution in [0.25, 0.3) is 0 Å². The molecule has 3 nitrogen and oxygen atoms in total. The first-order valence-corrected chi connectivity index (χ1v) is 5.07. The van der Waals surface area contributed by atoms with E-state index in [2.05, 4.69) is 0 Å². The molecule has 2 rings (SSSR count). The molecule has 0 aromatic rings. The van der Waals surface area contributed by atoms with E-state index in [4.69, 9.17) is 5.11 Å². The average Bonchev–Trinajstić information content (AvgIpc) is 2.46. The van der Waals surface area contributed by atoms with Crippen LogP contribution in [0.1, 0.15) is 32.1 Å². The van der Waals surface area contributed by atoms with Gasteiger partial charge in [0.2, 0.25) is 0 Å². The van der Waals surface area contributed by atoms with Gasteiger partial charge >= 0.3 is 5.97 Å². The molecule has 2 fully saturated rings. The number of carbonyl (C=O) groups is 1. The number of carboxylic acids is 1. The molecule has 0 radical (unpaired) electrons. The number of carboxylic acid groups (broad SMARTS) is 1. The molecule has 4 atom stereocenters. The summed E-state index contributed by atoms with van der Waals surface area (Å²) in [6.07, 6.45) is 4.18. The van der Waals surface area contributed by atoms with Crippen molar-refractivity contribution in [1.82, 2.24) is 0 Å². The molecule has 0 aromatic carbocycles. The molecule has 0 spiro atoms. The summed E-state index contributed by atoms with van der Waals surface area (Å²) < 4.78 is 0. The summed E-state index contributed by atoms with van der Waals surface area (Å²) in [6.45, 7) is 0. The van der Waals surface area contributed by atoms with E-state index in [-0.39, 0.29) is 12.0 Å². The number of aliphatic hydroxyl groups is 1. The monoisotopic (exact) mass is 184 g/mol. The molecule has 0 unspecified atom stereocenters.